The molecule has 1 aromatic carbocycles. The van der Waals surface area contributed by atoms with Gasteiger partial charge in [0.2, 0.25) is 11.8 Å². The van der Waals surface area contributed by atoms with Crippen LogP contribution in [0.2, 0.25) is 0 Å². The number of benzene rings is 1. The maximum absolute atomic E-state index is 12.6. The number of nitrogens with zero attached hydrogens (tertiary/aromatic N) is 7. The van der Waals surface area contributed by atoms with E-state index in [9.17, 15) is 15.3 Å². The van der Waals surface area contributed by atoms with Crippen LogP contribution in [0.25, 0.3) is 0 Å². The molecule has 4 heterocycles. The van der Waals surface area contributed by atoms with Crippen LogP contribution >= 0.6 is 0 Å². The third-order valence-corrected chi connectivity index (χ3v) is 10.0. The summed E-state index contributed by atoms with van der Waals surface area (Å²) in [6, 6.07) is 11.5. The number of carbonyl (C=O) groups excluding carboxylic acids is 1. The fourth-order valence-electron chi connectivity index (χ4n) is 7.64. The Hall–Kier alpha value is -4.08. The zero-order chi connectivity index (χ0) is 30.6. The number of hydrogen-bond donors (Lipinski definition) is 0. The average molecular weight is 594 g/mol. The van der Waals surface area contributed by atoms with Gasteiger partial charge in [-0.15, -0.1) is 0 Å². The molecular weight excluding hydrogens is 550 g/mol. The Morgan fingerprint density at radius 2 is 1.91 bits per heavy atom. The average Bonchev–Trinajstić information content (AvgIpc) is 3.30. The quantitative estimate of drug-likeness (QED) is 0.345. The normalized spacial score (nSPS) is 21.9. The van der Waals surface area contributed by atoms with Crippen molar-refractivity contribution in [2.75, 3.05) is 56.2 Å². The largest absolute Gasteiger partial charge is 0.475 e. The number of nitriles is 2. The van der Waals surface area contributed by atoms with E-state index in [0.717, 1.165) is 62.1 Å². The number of pyridine rings is 1. The third kappa shape index (κ3) is 5.86. The number of hydrogen-bond acceptors (Lipinski definition) is 8. The molecule has 0 N–H and O–H groups in total. The van der Waals surface area contributed by atoms with E-state index in [1.165, 1.54) is 42.2 Å². The highest BCUT2D eigenvalue weighted by atomic mass is 16.5. The number of amides is 1. The molecular formula is C35H43N7O2. The molecule has 0 radical (unpaired) electrons. The van der Waals surface area contributed by atoms with Crippen molar-refractivity contribution in [1.29, 1.82) is 10.5 Å². The first-order valence-corrected chi connectivity index (χ1v) is 16.2. The molecule has 1 aromatic heterocycles. The first-order valence-electron chi connectivity index (χ1n) is 16.2. The lowest BCUT2D eigenvalue weighted by Crippen LogP contribution is -2.55. The standard InChI is InChI=1S/C35H43N7O2/c1-3-33(43)42-20-19-41(22-26(42)14-16-36)34-29-15-18-40(32-13-7-10-25-9-5-4-6-12-28(25)32)23-31(29)38-35(30(34)21-37)44-24-27-11-8-17-39(27)2/h3,7,10,13,26-27H,1,4-6,8-9,11-12,14-15,17-20,22-24H2,2H3/t26-,27-/m0/s1. The summed E-state index contributed by atoms with van der Waals surface area (Å²) < 4.78 is 6.43. The molecule has 9 heteroatoms. The number of anilines is 2. The minimum absolute atomic E-state index is 0.162. The fraction of sp³-hybridized carbons (Fsp3) is 0.543. The Balaban J connectivity index is 1.38. The predicted octanol–water partition coefficient (Wildman–Crippen LogP) is 4.37. The molecule has 0 saturated carbocycles. The number of fused-ring (bicyclic) bond motifs is 2. The summed E-state index contributed by atoms with van der Waals surface area (Å²) >= 11 is 0. The first kappa shape index (κ1) is 30.0. The van der Waals surface area contributed by atoms with E-state index in [-0.39, 0.29) is 18.4 Å². The number of rotatable bonds is 7. The van der Waals surface area contributed by atoms with Crippen molar-refractivity contribution in [3.05, 3.63) is 58.8 Å². The highest BCUT2D eigenvalue weighted by molar-refractivity contribution is 5.87. The van der Waals surface area contributed by atoms with E-state index in [1.807, 2.05) is 0 Å². The minimum atomic E-state index is -0.286. The lowest BCUT2D eigenvalue weighted by atomic mass is 9.95. The van der Waals surface area contributed by atoms with Gasteiger partial charge in [0.15, 0.2) is 0 Å². The predicted molar refractivity (Wildman–Crippen MR) is 171 cm³/mol. The SMILES string of the molecule is C=CC(=O)N1CCN(c2c(C#N)c(OC[C@@H]3CCCN3C)nc3c2CCN(c2cccc4c2CCCCC4)C3)C[C@@H]1CC#N. The van der Waals surface area contributed by atoms with Crippen LogP contribution in [0.5, 0.6) is 5.88 Å². The van der Waals surface area contributed by atoms with Gasteiger partial charge in [0.25, 0.3) is 0 Å². The van der Waals surface area contributed by atoms with Crippen LogP contribution in [0.1, 0.15) is 66.5 Å². The van der Waals surface area contributed by atoms with Crippen molar-refractivity contribution in [3.8, 4) is 18.0 Å². The monoisotopic (exact) mass is 593 g/mol. The van der Waals surface area contributed by atoms with Gasteiger partial charge in [-0.05, 0) is 81.8 Å². The highest BCUT2D eigenvalue weighted by Crippen LogP contribution is 2.40. The zero-order valence-corrected chi connectivity index (χ0v) is 25.9. The number of piperazine rings is 1. The van der Waals surface area contributed by atoms with Gasteiger partial charge in [-0.25, -0.2) is 4.98 Å². The van der Waals surface area contributed by atoms with Crippen LogP contribution in [-0.2, 0) is 30.6 Å². The topological polar surface area (TPSA) is 99.7 Å². The lowest BCUT2D eigenvalue weighted by Gasteiger charge is -2.43. The maximum Gasteiger partial charge on any atom is 0.246 e. The molecule has 1 aliphatic carbocycles. The van der Waals surface area contributed by atoms with Gasteiger partial charge >= 0.3 is 0 Å². The summed E-state index contributed by atoms with van der Waals surface area (Å²) in [6.45, 7) is 8.19. The second-order valence-corrected chi connectivity index (χ2v) is 12.6. The summed E-state index contributed by atoms with van der Waals surface area (Å²) in [4.78, 5) is 26.4. The van der Waals surface area contributed by atoms with E-state index < -0.39 is 0 Å². The highest BCUT2D eigenvalue weighted by Gasteiger charge is 2.35. The molecule has 2 saturated heterocycles. The summed E-state index contributed by atoms with van der Waals surface area (Å²) in [5.74, 6) is 0.237. The van der Waals surface area contributed by atoms with E-state index >= 15 is 0 Å². The number of aryl methyl sites for hydroxylation is 1. The fourth-order valence-corrected chi connectivity index (χ4v) is 7.64. The number of ether oxygens (including phenoxy) is 1. The molecule has 0 unspecified atom stereocenters. The van der Waals surface area contributed by atoms with Gasteiger partial charge in [-0.3, -0.25) is 4.79 Å². The maximum atomic E-state index is 12.6. The second-order valence-electron chi connectivity index (χ2n) is 12.6. The molecule has 2 aromatic rings. The summed E-state index contributed by atoms with van der Waals surface area (Å²) in [7, 11) is 2.12. The molecule has 1 amide bonds. The van der Waals surface area contributed by atoms with Crippen LogP contribution in [0.15, 0.2) is 30.9 Å². The Morgan fingerprint density at radius 3 is 2.68 bits per heavy atom. The first-order chi connectivity index (χ1) is 21.5. The summed E-state index contributed by atoms with van der Waals surface area (Å²) in [5.41, 5.74) is 7.63. The molecule has 9 nitrogen and oxygen atoms in total. The van der Waals surface area contributed by atoms with Gasteiger partial charge in [0.05, 0.1) is 36.5 Å². The molecule has 4 aliphatic rings. The van der Waals surface area contributed by atoms with Gasteiger partial charge in [-0.1, -0.05) is 25.1 Å². The zero-order valence-electron chi connectivity index (χ0n) is 25.9. The summed E-state index contributed by atoms with van der Waals surface area (Å²) in [6.07, 6.45) is 10.5. The van der Waals surface area contributed by atoms with Crippen LogP contribution in [-0.4, -0.2) is 79.2 Å². The molecule has 6 rings (SSSR count). The Bertz CT molecular complexity index is 1490. The van der Waals surface area contributed by atoms with Crippen LogP contribution in [0.3, 0.4) is 0 Å². The van der Waals surface area contributed by atoms with Crippen molar-refractivity contribution in [3.63, 3.8) is 0 Å². The van der Waals surface area contributed by atoms with E-state index in [2.05, 4.69) is 58.7 Å². The van der Waals surface area contributed by atoms with E-state index in [0.29, 0.717) is 50.3 Å². The number of aromatic nitrogens is 1. The molecule has 2 fully saturated rings. The van der Waals surface area contributed by atoms with Crippen molar-refractivity contribution in [1.82, 2.24) is 14.8 Å². The van der Waals surface area contributed by atoms with Crippen molar-refractivity contribution in [2.45, 2.75) is 76.4 Å². The second kappa shape index (κ2) is 13.3. The van der Waals surface area contributed by atoms with Gasteiger partial charge in [0, 0.05) is 43.5 Å². The molecule has 3 aliphatic heterocycles. The van der Waals surface area contributed by atoms with Crippen LogP contribution in [0, 0.1) is 22.7 Å². The molecule has 44 heavy (non-hydrogen) atoms. The Kier molecular flexibility index (Phi) is 9.04. The van der Waals surface area contributed by atoms with E-state index in [4.69, 9.17) is 9.72 Å². The number of carbonyl (C=O) groups is 1. The number of likely N-dealkylation sites (tertiary alicyclic amines) is 1. The number of likely N-dealkylation sites (N-methyl/N-ethyl adjacent to an activating group) is 1. The smallest absolute Gasteiger partial charge is 0.246 e. The molecule has 2 atom stereocenters. The Morgan fingerprint density at radius 1 is 1.05 bits per heavy atom. The Labute approximate surface area is 261 Å². The van der Waals surface area contributed by atoms with E-state index in [1.54, 1.807) is 4.90 Å². The lowest BCUT2D eigenvalue weighted by molar-refractivity contribution is -0.128. The van der Waals surface area contributed by atoms with Crippen LogP contribution in [0.4, 0.5) is 11.4 Å². The third-order valence-electron chi connectivity index (χ3n) is 10.0. The van der Waals surface area contributed by atoms with Gasteiger partial charge in [0.1, 0.15) is 18.2 Å². The van der Waals surface area contributed by atoms with Crippen LogP contribution < -0.4 is 14.5 Å². The van der Waals surface area contributed by atoms with Crippen molar-refractivity contribution >= 4 is 17.3 Å². The molecule has 230 valence electrons. The molecule has 0 spiro atoms. The van der Waals surface area contributed by atoms with Crippen molar-refractivity contribution < 1.29 is 9.53 Å². The minimum Gasteiger partial charge on any atom is -0.475 e. The van der Waals surface area contributed by atoms with Gasteiger partial charge < -0.3 is 24.3 Å². The van der Waals surface area contributed by atoms with Gasteiger partial charge in [-0.2, -0.15) is 10.5 Å². The van der Waals surface area contributed by atoms with Crippen molar-refractivity contribution in [2.24, 2.45) is 0 Å². The summed E-state index contributed by atoms with van der Waals surface area (Å²) in [5, 5.41) is 20.2. The molecule has 0 bridgehead atoms.